The third kappa shape index (κ3) is 64.7. The van der Waals surface area contributed by atoms with Gasteiger partial charge in [-0.1, -0.05) is 193 Å². The highest BCUT2D eigenvalue weighted by Crippen LogP contribution is 2.10. The highest BCUT2D eigenvalue weighted by atomic mass is 32.1. The molecule has 0 spiro atoms. The van der Waals surface area contributed by atoms with Crippen molar-refractivity contribution in [3.8, 4) is 0 Å². The van der Waals surface area contributed by atoms with Crippen LogP contribution in [0.4, 0.5) is 14.1 Å². The van der Waals surface area contributed by atoms with Gasteiger partial charge < -0.3 is 0 Å². The summed E-state index contributed by atoms with van der Waals surface area (Å²) in [7, 11) is 0. The van der Waals surface area contributed by atoms with Crippen molar-refractivity contribution in [2.75, 3.05) is 17.3 Å². The molecule has 0 saturated carbocycles. The van der Waals surface area contributed by atoms with Gasteiger partial charge in [-0.3, -0.25) is 14.1 Å². The van der Waals surface area contributed by atoms with Gasteiger partial charge in [0.2, 0.25) is 0 Å². The number of halogens is 3. The Morgan fingerprint density at radius 3 is 0.528 bits per heavy atom. The predicted molar refractivity (Wildman–Crippen MR) is 173 cm³/mol. The van der Waals surface area contributed by atoms with Crippen molar-refractivity contribution >= 4 is 37.9 Å². The topological polar surface area (TPSA) is 0 Å². The molecule has 36 heavy (non-hydrogen) atoms. The fraction of sp³-hybridized carbons (Fsp3) is 1.00. The molecule has 0 aromatic carbocycles. The average Bonchev–Trinajstić information content (AvgIpc) is 2.83. The van der Waals surface area contributed by atoms with Gasteiger partial charge in [-0.25, -0.2) is 0 Å². The zero-order valence-corrected chi connectivity index (χ0v) is 27.0. The Bertz CT molecular complexity index is 219. The van der Waals surface area contributed by atoms with E-state index in [1.165, 1.54) is 154 Å². The van der Waals surface area contributed by atoms with Crippen LogP contribution in [0.15, 0.2) is 0 Å². The third-order valence-electron chi connectivity index (χ3n) is 5.99. The van der Waals surface area contributed by atoms with Crippen LogP contribution in [-0.4, -0.2) is 17.3 Å². The van der Waals surface area contributed by atoms with E-state index < -0.39 is 0 Å². The molecule has 0 fully saturated rings. The van der Waals surface area contributed by atoms with Crippen LogP contribution in [0.5, 0.6) is 0 Å². The maximum absolute atomic E-state index is 4.87. The van der Waals surface area contributed by atoms with Crippen LogP contribution < -0.4 is 0 Å². The SMILES string of the molecule is CCCCCCCCCC[S].CCCCCCCCCC[S].CCCCCCCCCC[S].F.F.F. The first-order valence-electron chi connectivity index (χ1n) is 15.0. The first kappa shape index (κ1) is 49.8. The Labute approximate surface area is 243 Å². The van der Waals surface area contributed by atoms with Gasteiger partial charge in [0.05, 0.1) is 0 Å². The van der Waals surface area contributed by atoms with Crippen LogP contribution in [0.1, 0.15) is 175 Å². The Morgan fingerprint density at radius 1 is 0.250 bits per heavy atom. The van der Waals surface area contributed by atoms with E-state index >= 15 is 0 Å². The first-order chi connectivity index (χ1) is 16.2. The van der Waals surface area contributed by atoms with E-state index in [4.69, 9.17) is 37.9 Å². The molecule has 0 nitrogen and oxygen atoms in total. The lowest BCUT2D eigenvalue weighted by Gasteiger charge is -1.98. The van der Waals surface area contributed by atoms with Crippen molar-refractivity contribution in [1.82, 2.24) is 0 Å². The summed E-state index contributed by atoms with van der Waals surface area (Å²) in [5.74, 6) is 2.86. The summed E-state index contributed by atoms with van der Waals surface area (Å²) in [6.07, 6.45) is 33.2. The first-order valence-corrected chi connectivity index (χ1v) is 16.7. The fourth-order valence-electron chi connectivity index (χ4n) is 3.71. The number of unbranched alkanes of at least 4 members (excludes halogenated alkanes) is 21. The molecular weight excluding hydrogens is 514 g/mol. The molecule has 0 aliphatic heterocycles. The highest BCUT2D eigenvalue weighted by Gasteiger charge is 1.91. The molecule has 0 unspecified atom stereocenters. The second-order valence-corrected chi connectivity index (χ2v) is 10.8. The van der Waals surface area contributed by atoms with Gasteiger partial charge in [0.15, 0.2) is 0 Å². The van der Waals surface area contributed by atoms with Gasteiger partial charge in [-0.05, 0) is 19.3 Å². The maximum atomic E-state index is 4.87. The molecule has 0 aliphatic rings. The largest absolute Gasteiger partial charge is 0.269 e. The summed E-state index contributed by atoms with van der Waals surface area (Å²) < 4.78 is 0. The normalized spacial score (nSPS) is 9.50. The van der Waals surface area contributed by atoms with Crippen molar-refractivity contribution in [2.24, 2.45) is 0 Å². The summed E-state index contributed by atoms with van der Waals surface area (Å²) in [5, 5.41) is 0. The van der Waals surface area contributed by atoms with Crippen LogP contribution in [0.3, 0.4) is 0 Å². The molecule has 6 heteroatoms. The van der Waals surface area contributed by atoms with Crippen molar-refractivity contribution in [3.63, 3.8) is 0 Å². The van der Waals surface area contributed by atoms with Gasteiger partial charge in [0, 0.05) is 17.3 Å². The van der Waals surface area contributed by atoms with Gasteiger partial charge >= 0.3 is 0 Å². The van der Waals surface area contributed by atoms with E-state index in [1.807, 2.05) is 0 Å². The van der Waals surface area contributed by atoms with Gasteiger partial charge in [-0.2, -0.15) is 0 Å². The smallest absolute Gasteiger partial charge is 0.00369 e. The van der Waals surface area contributed by atoms with E-state index in [0.717, 1.165) is 17.3 Å². The molecule has 0 saturated heterocycles. The highest BCUT2D eigenvalue weighted by molar-refractivity contribution is 7.80. The van der Waals surface area contributed by atoms with Gasteiger partial charge in [-0.15, -0.1) is 0 Å². The van der Waals surface area contributed by atoms with E-state index in [2.05, 4.69) is 20.8 Å². The molecule has 0 bridgehead atoms. The molecule has 0 aromatic rings. The molecule has 0 heterocycles. The lowest BCUT2D eigenvalue weighted by Crippen LogP contribution is -1.80. The minimum atomic E-state index is 0. The predicted octanol–water partition coefficient (Wildman–Crippen LogP) is 13.4. The standard InChI is InChI=1S/3C10H21S.3FH/c3*1-2-3-4-5-6-7-8-9-10-11;;;/h3*2-10H2,1H3;3*1H. The van der Waals surface area contributed by atoms with E-state index in [9.17, 15) is 0 Å². The summed E-state index contributed by atoms with van der Waals surface area (Å²) in [6.45, 7) is 6.78. The van der Waals surface area contributed by atoms with Crippen LogP contribution in [0, 0.1) is 0 Å². The Balaban J connectivity index is -0.0000000900. The minimum absolute atomic E-state index is 0. The van der Waals surface area contributed by atoms with Crippen LogP contribution in [-0.2, 0) is 0 Å². The van der Waals surface area contributed by atoms with E-state index in [0.29, 0.717) is 0 Å². The lowest BCUT2D eigenvalue weighted by molar-refractivity contribution is 0.586. The maximum Gasteiger partial charge on any atom is 0.00369 e. The van der Waals surface area contributed by atoms with Crippen molar-refractivity contribution in [1.29, 1.82) is 0 Å². The molecule has 0 amide bonds. The zero-order valence-electron chi connectivity index (χ0n) is 24.5. The van der Waals surface area contributed by atoms with Gasteiger partial charge in [0.1, 0.15) is 0 Å². The van der Waals surface area contributed by atoms with Crippen LogP contribution in [0.2, 0.25) is 0 Å². The molecule has 0 N–H and O–H groups in total. The summed E-state index contributed by atoms with van der Waals surface area (Å²) in [4.78, 5) is 0. The molecule has 0 aliphatic carbocycles. The molecule has 0 atom stereocenters. The quantitative estimate of drug-likeness (QED) is 0.0997. The lowest BCUT2D eigenvalue weighted by atomic mass is 10.1. The third-order valence-corrected chi connectivity index (χ3v) is 6.86. The molecule has 3 radical (unpaired) electrons. The Morgan fingerprint density at radius 2 is 0.389 bits per heavy atom. The van der Waals surface area contributed by atoms with Crippen LogP contribution in [0.25, 0.3) is 0 Å². The number of hydrogen-bond acceptors (Lipinski definition) is 0. The summed E-state index contributed by atoms with van der Waals surface area (Å²) in [6, 6.07) is 0. The summed E-state index contributed by atoms with van der Waals surface area (Å²) >= 11 is 14.6. The molecule has 0 aromatic heterocycles. The van der Waals surface area contributed by atoms with Crippen molar-refractivity contribution < 1.29 is 14.1 Å². The Hall–Kier alpha value is 0.840. The minimum Gasteiger partial charge on any atom is -0.269 e. The fourth-order valence-corrected chi connectivity index (χ4v) is 4.32. The molecule has 225 valence electrons. The zero-order chi connectivity index (χ0) is 25.1. The van der Waals surface area contributed by atoms with Gasteiger partial charge in [0.25, 0.3) is 0 Å². The molecular formula is C30H66F3S3. The van der Waals surface area contributed by atoms with E-state index in [-0.39, 0.29) is 14.1 Å². The molecule has 0 rings (SSSR count). The number of rotatable bonds is 24. The Kier molecular flexibility index (Phi) is 77.6. The monoisotopic (exact) mass is 579 g/mol. The van der Waals surface area contributed by atoms with E-state index in [1.54, 1.807) is 0 Å². The number of hydrogen-bond donors (Lipinski definition) is 0. The van der Waals surface area contributed by atoms with Crippen LogP contribution >= 0.6 is 37.9 Å². The second kappa shape index (κ2) is 56.1. The van der Waals surface area contributed by atoms with Crippen molar-refractivity contribution in [2.45, 2.75) is 175 Å². The average molecular weight is 580 g/mol. The van der Waals surface area contributed by atoms with Crippen molar-refractivity contribution in [3.05, 3.63) is 0 Å². The second-order valence-electron chi connectivity index (χ2n) is 9.54. The summed E-state index contributed by atoms with van der Waals surface area (Å²) in [5.41, 5.74) is 0.